The molecule has 0 saturated carbocycles. The number of amides is 2. The summed E-state index contributed by atoms with van der Waals surface area (Å²) in [6.45, 7) is 3.34. The average molecular weight is 305 g/mol. The normalized spacial score (nSPS) is 10.2. The van der Waals surface area contributed by atoms with E-state index in [1.165, 1.54) is 17.0 Å². The second-order valence-electron chi connectivity index (χ2n) is 4.62. The van der Waals surface area contributed by atoms with Crippen LogP contribution in [0.2, 0.25) is 0 Å². The lowest BCUT2D eigenvalue weighted by Crippen LogP contribution is -2.31. The van der Waals surface area contributed by atoms with Crippen molar-refractivity contribution in [3.8, 4) is 0 Å². The number of hydrogen-bond donors (Lipinski definition) is 2. The molecule has 0 bridgehead atoms. The Morgan fingerprint density at radius 2 is 2.05 bits per heavy atom. The van der Waals surface area contributed by atoms with Crippen molar-refractivity contribution in [1.82, 2.24) is 15.5 Å². The minimum absolute atomic E-state index is 0.242. The standard InChI is InChI=1S/C14H19N5OS/c1-11-17-18-14(21-11)16-13(20)15-9-6-10-19(2)12-7-4-3-5-8-12/h3-5,7-8H,6,9-10H2,1-2H3,(H2,15,16,18,20). The predicted octanol–water partition coefficient (Wildman–Crippen LogP) is 2.49. The van der Waals surface area contributed by atoms with Crippen LogP contribution in [0.4, 0.5) is 15.6 Å². The summed E-state index contributed by atoms with van der Waals surface area (Å²) in [5.41, 5.74) is 1.17. The van der Waals surface area contributed by atoms with Gasteiger partial charge in [-0.1, -0.05) is 29.5 Å². The fourth-order valence-corrected chi connectivity index (χ4v) is 2.40. The van der Waals surface area contributed by atoms with Crippen LogP contribution in [0.15, 0.2) is 30.3 Å². The number of aromatic nitrogens is 2. The molecular weight excluding hydrogens is 286 g/mol. The van der Waals surface area contributed by atoms with Gasteiger partial charge < -0.3 is 10.2 Å². The molecule has 0 saturated heterocycles. The molecule has 112 valence electrons. The van der Waals surface area contributed by atoms with Gasteiger partial charge in [0.15, 0.2) is 0 Å². The molecule has 0 radical (unpaired) electrons. The van der Waals surface area contributed by atoms with Gasteiger partial charge in [-0.2, -0.15) is 0 Å². The third-order valence-corrected chi connectivity index (χ3v) is 3.65. The number of anilines is 2. The van der Waals surface area contributed by atoms with Crippen LogP contribution in [-0.2, 0) is 0 Å². The lowest BCUT2D eigenvalue weighted by atomic mass is 10.3. The summed E-state index contributed by atoms with van der Waals surface area (Å²) in [5.74, 6) is 0. The molecule has 0 aliphatic carbocycles. The highest BCUT2D eigenvalue weighted by Gasteiger charge is 2.05. The second-order valence-corrected chi connectivity index (χ2v) is 5.80. The predicted molar refractivity (Wildman–Crippen MR) is 86.0 cm³/mol. The van der Waals surface area contributed by atoms with Gasteiger partial charge >= 0.3 is 6.03 Å². The summed E-state index contributed by atoms with van der Waals surface area (Å²) in [7, 11) is 2.04. The molecule has 21 heavy (non-hydrogen) atoms. The number of nitrogens with one attached hydrogen (secondary N) is 2. The molecule has 2 rings (SSSR count). The Hall–Kier alpha value is -2.15. The molecule has 0 aliphatic rings. The number of hydrogen-bond acceptors (Lipinski definition) is 5. The third kappa shape index (κ3) is 5.03. The Bertz CT molecular complexity index is 572. The summed E-state index contributed by atoms with van der Waals surface area (Å²) in [4.78, 5) is 13.8. The Morgan fingerprint density at radius 1 is 1.29 bits per heavy atom. The first-order chi connectivity index (χ1) is 10.1. The lowest BCUT2D eigenvalue weighted by molar-refractivity contribution is 0.252. The van der Waals surface area contributed by atoms with E-state index in [0.717, 1.165) is 18.0 Å². The first kappa shape index (κ1) is 15.2. The Morgan fingerprint density at radius 3 is 2.71 bits per heavy atom. The minimum Gasteiger partial charge on any atom is -0.375 e. The highest BCUT2D eigenvalue weighted by atomic mass is 32.1. The van der Waals surface area contributed by atoms with Crippen molar-refractivity contribution in [3.63, 3.8) is 0 Å². The molecule has 2 amide bonds. The van der Waals surface area contributed by atoms with Crippen molar-refractivity contribution in [2.75, 3.05) is 30.4 Å². The van der Waals surface area contributed by atoms with Crippen LogP contribution in [0.25, 0.3) is 0 Å². The van der Waals surface area contributed by atoms with E-state index in [2.05, 4.69) is 37.9 Å². The number of benzene rings is 1. The molecule has 0 aliphatic heterocycles. The largest absolute Gasteiger partial charge is 0.375 e. The number of aryl methyl sites for hydroxylation is 1. The van der Waals surface area contributed by atoms with Crippen molar-refractivity contribution in [3.05, 3.63) is 35.3 Å². The van der Waals surface area contributed by atoms with Gasteiger partial charge in [-0.15, -0.1) is 10.2 Å². The molecule has 6 nitrogen and oxygen atoms in total. The molecule has 1 heterocycles. The van der Waals surface area contributed by atoms with Gasteiger partial charge in [-0.3, -0.25) is 5.32 Å². The number of urea groups is 1. The summed E-state index contributed by atoms with van der Waals surface area (Å²) in [6.07, 6.45) is 0.869. The average Bonchev–Trinajstić information content (AvgIpc) is 2.89. The van der Waals surface area contributed by atoms with Crippen LogP contribution < -0.4 is 15.5 Å². The molecule has 0 fully saturated rings. The zero-order valence-corrected chi connectivity index (χ0v) is 13.0. The molecule has 1 aromatic carbocycles. The first-order valence-corrected chi connectivity index (χ1v) is 7.58. The number of para-hydroxylation sites is 1. The van der Waals surface area contributed by atoms with Gasteiger partial charge in [0, 0.05) is 25.8 Å². The first-order valence-electron chi connectivity index (χ1n) is 6.76. The summed E-state index contributed by atoms with van der Waals surface area (Å²) in [5, 5.41) is 14.5. The van der Waals surface area contributed by atoms with E-state index in [4.69, 9.17) is 0 Å². The zero-order chi connectivity index (χ0) is 15.1. The Balaban J connectivity index is 1.64. The highest BCUT2D eigenvalue weighted by Crippen LogP contribution is 2.13. The van der Waals surface area contributed by atoms with Gasteiger partial charge in [-0.05, 0) is 25.5 Å². The van der Waals surface area contributed by atoms with Gasteiger partial charge in [0.1, 0.15) is 5.01 Å². The van der Waals surface area contributed by atoms with E-state index in [0.29, 0.717) is 11.7 Å². The van der Waals surface area contributed by atoms with E-state index < -0.39 is 0 Å². The van der Waals surface area contributed by atoms with Crippen LogP contribution in [0.5, 0.6) is 0 Å². The van der Waals surface area contributed by atoms with Crippen LogP contribution in [0.1, 0.15) is 11.4 Å². The molecule has 1 aromatic heterocycles. The molecule has 0 spiro atoms. The maximum absolute atomic E-state index is 11.6. The van der Waals surface area contributed by atoms with E-state index in [-0.39, 0.29) is 6.03 Å². The van der Waals surface area contributed by atoms with Crippen molar-refractivity contribution >= 4 is 28.2 Å². The number of carbonyl (C=O) groups excluding carboxylic acids is 1. The summed E-state index contributed by atoms with van der Waals surface area (Å²) in [6, 6.07) is 9.92. The van der Waals surface area contributed by atoms with Crippen molar-refractivity contribution in [1.29, 1.82) is 0 Å². The number of nitrogens with zero attached hydrogens (tertiary/aromatic N) is 3. The van der Waals surface area contributed by atoms with Crippen molar-refractivity contribution < 1.29 is 4.79 Å². The molecule has 2 N–H and O–H groups in total. The van der Waals surface area contributed by atoms with Crippen LogP contribution in [0, 0.1) is 6.92 Å². The quantitative estimate of drug-likeness (QED) is 0.805. The highest BCUT2D eigenvalue weighted by molar-refractivity contribution is 7.15. The van der Waals surface area contributed by atoms with Gasteiger partial charge in [-0.25, -0.2) is 4.79 Å². The fraction of sp³-hybridized carbons (Fsp3) is 0.357. The monoisotopic (exact) mass is 305 g/mol. The maximum Gasteiger partial charge on any atom is 0.321 e. The molecule has 7 heteroatoms. The van der Waals surface area contributed by atoms with Crippen LogP contribution in [0.3, 0.4) is 0 Å². The lowest BCUT2D eigenvalue weighted by Gasteiger charge is -2.19. The summed E-state index contributed by atoms with van der Waals surface area (Å²) >= 11 is 1.36. The third-order valence-electron chi connectivity index (χ3n) is 2.90. The minimum atomic E-state index is -0.242. The van der Waals surface area contributed by atoms with Crippen LogP contribution in [-0.4, -0.2) is 36.4 Å². The maximum atomic E-state index is 11.6. The molecule has 0 atom stereocenters. The van der Waals surface area contributed by atoms with Gasteiger partial charge in [0.05, 0.1) is 0 Å². The topological polar surface area (TPSA) is 70.1 Å². The van der Waals surface area contributed by atoms with Gasteiger partial charge in [0.2, 0.25) is 5.13 Å². The Kier molecular flexibility index (Phi) is 5.51. The van der Waals surface area contributed by atoms with Crippen LogP contribution >= 0.6 is 11.3 Å². The Labute approximate surface area is 128 Å². The SMILES string of the molecule is Cc1nnc(NC(=O)NCCCN(C)c2ccccc2)s1. The number of carbonyl (C=O) groups is 1. The summed E-state index contributed by atoms with van der Waals surface area (Å²) < 4.78 is 0. The molecule has 2 aromatic rings. The van der Waals surface area contributed by atoms with E-state index in [1.807, 2.05) is 32.2 Å². The number of rotatable bonds is 6. The van der Waals surface area contributed by atoms with E-state index >= 15 is 0 Å². The van der Waals surface area contributed by atoms with E-state index in [9.17, 15) is 4.79 Å². The molecular formula is C14H19N5OS. The smallest absolute Gasteiger partial charge is 0.321 e. The fourth-order valence-electron chi connectivity index (χ4n) is 1.82. The van der Waals surface area contributed by atoms with Crippen molar-refractivity contribution in [2.24, 2.45) is 0 Å². The molecule has 0 unspecified atom stereocenters. The van der Waals surface area contributed by atoms with E-state index in [1.54, 1.807) is 0 Å². The van der Waals surface area contributed by atoms with Gasteiger partial charge in [0.25, 0.3) is 0 Å². The second kappa shape index (κ2) is 7.58. The zero-order valence-electron chi connectivity index (χ0n) is 12.2. The van der Waals surface area contributed by atoms with Crippen molar-refractivity contribution in [2.45, 2.75) is 13.3 Å².